The summed E-state index contributed by atoms with van der Waals surface area (Å²) < 4.78 is 0. The van der Waals surface area contributed by atoms with Gasteiger partial charge in [-0.05, 0) is 24.6 Å². The van der Waals surface area contributed by atoms with E-state index in [0.717, 1.165) is 18.9 Å². The van der Waals surface area contributed by atoms with Crippen molar-refractivity contribution >= 4 is 11.9 Å². The highest BCUT2D eigenvalue weighted by Crippen LogP contribution is 2.04. The number of nitrogens with two attached hydrogens (primary N) is 2. The van der Waals surface area contributed by atoms with Crippen LogP contribution in [-0.4, -0.2) is 28.3 Å². The summed E-state index contributed by atoms with van der Waals surface area (Å²) in [5.74, 6) is -2.25. The second-order valence-electron chi connectivity index (χ2n) is 4.00. The molecule has 0 aliphatic carbocycles. The molecule has 0 bridgehead atoms. The molecule has 1 rings (SSSR count). The van der Waals surface area contributed by atoms with E-state index in [1.54, 1.807) is 0 Å². The van der Waals surface area contributed by atoms with E-state index >= 15 is 0 Å². The third-order valence-electron chi connectivity index (χ3n) is 2.25. The maximum Gasteiger partial charge on any atom is 0.335 e. The average Bonchev–Trinajstić information content (AvgIpc) is 2.37. The topological polar surface area (TPSA) is 127 Å². The van der Waals surface area contributed by atoms with Gasteiger partial charge in [0.15, 0.2) is 0 Å². The molecule has 0 heterocycles. The van der Waals surface area contributed by atoms with Gasteiger partial charge < -0.3 is 21.7 Å². The first-order valence-electron chi connectivity index (χ1n) is 5.96. The molecule has 0 saturated heterocycles. The molecule has 0 fully saturated rings. The van der Waals surface area contributed by atoms with Crippen LogP contribution in [-0.2, 0) is 0 Å². The van der Waals surface area contributed by atoms with E-state index in [1.807, 2.05) is 0 Å². The molecule has 106 valence electrons. The lowest BCUT2D eigenvalue weighted by Crippen LogP contribution is -2.29. The highest BCUT2D eigenvalue weighted by atomic mass is 16.4. The number of carboxylic acids is 2. The molecule has 0 saturated carbocycles. The fourth-order valence-corrected chi connectivity index (χ4v) is 1.23. The van der Waals surface area contributed by atoms with E-state index in [1.165, 1.54) is 24.6 Å². The van der Waals surface area contributed by atoms with Crippen molar-refractivity contribution in [2.24, 2.45) is 11.5 Å². The van der Waals surface area contributed by atoms with Crippen molar-refractivity contribution in [2.75, 3.05) is 0 Å². The zero-order valence-corrected chi connectivity index (χ0v) is 10.9. The third-order valence-corrected chi connectivity index (χ3v) is 2.25. The van der Waals surface area contributed by atoms with Gasteiger partial charge in [-0.1, -0.05) is 25.8 Å². The fourth-order valence-electron chi connectivity index (χ4n) is 1.23. The summed E-state index contributed by atoms with van der Waals surface area (Å²) in [5.41, 5.74) is 10.5. The van der Waals surface area contributed by atoms with Crippen LogP contribution in [0.3, 0.4) is 0 Å². The maximum atomic E-state index is 10.4. The van der Waals surface area contributed by atoms with Crippen molar-refractivity contribution in [3.8, 4) is 0 Å². The Hall–Kier alpha value is -1.92. The molecule has 6 nitrogen and oxygen atoms in total. The van der Waals surface area contributed by atoms with Crippen LogP contribution in [0, 0.1) is 0 Å². The summed E-state index contributed by atoms with van der Waals surface area (Å²) in [7, 11) is 0. The summed E-state index contributed by atoms with van der Waals surface area (Å²) in [4.78, 5) is 20.8. The zero-order chi connectivity index (χ0) is 14.8. The maximum absolute atomic E-state index is 10.4. The van der Waals surface area contributed by atoms with Crippen LogP contribution in [0.25, 0.3) is 0 Å². The smallest absolute Gasteiger partial charge is 0.335 e. The van der Waals surface area contributed by atoms with Crippen LogP contribution in [0.15, 0.2) is 24.3 Å². The predicted molar refractivity (Wildman–Crippen MR) is 72.0 cm³/mol. The lowest BCUT2D eigenvalue weighted by molar-refractivity contribution is 0.0696. The van der Waals surface area contributed by atoms with Crippen LogP contribution in [0.2, 0.25) is 0 Å². The standard InChI is InChI=1S/C8H6O4.C5H14N2/c9-7(10)5-2-1-3-6(4-5)8(11)12;1-2-3-4-5(6)7/h1-4H,(H,9,10)(H,11,12);5H,2-4,6-7H2,1H3. The number of unbranched alkanes of at least 4 members (excludes halogenated alkanes) is 1. The van der Waals surface area contributed by atoms with Crippen molar-refractivity contribution in [2.45, 2.75) is 32.4 Å². The highest BCUT2D eigenvalue weighted by Gasteiger charge is 2.06. The zero-order valence-electron chi connectivity index (χ0n) is 10.9. The Kier molecular flexibility index (Phi) is 8.15. The van der Waals surface area contributed by atoms with Crippen molar-refractivity contribution in [3.05, 3.63) is 35.4 Å². The molecule has 0 aromatic heterocycles. The second-order valence-corrected chi connectivity index (χ2v) is 4.00. The molecule has 6 heteroatoms. The first-order chi connectivity index (χ1) is 8.88. The van der Waals surface area contributed by atoms with Gasteiger partial charge >= 0.3 is 11.9 Å². The van der Waals surface area contributed by atoms with Gasteiger partial charge in [0.2, 0.25) is 0 Å². The highest BCUT2D eigenvalue weighted by molar-refractivity contribution is 5.93. The predicted octanol–water partition coefficient (Wildman–Crippen LogP) is 1.50. The second kappa shape index (κ2) is 9.07. The Labute approximate surface area is 112 Å². The Morgan fingerprint density at radius 2 is 1.63 bits per heavy atom. The number of hydrogen-bond acceptors (Lipinski definition) is 4. The van der Waals surface area contributed by atoms with Gasteiger partial charge in [0.1, 0.15) is 0 Å². The summed E-state index contributed by atoms with van der Waals surface area (Å²) in [6.45, 7) is 2.13. The van der Waals surface area contributed by atoms with Gasteiger partial charge in [-0.3, -0.25) is 0 Å². The number of aromatic carboxylic acids is 2. The minimum absolute atomic E-state index is 0.0186. The van der Waals surface area contributed by atoms with Crippen LogP contribution >= 0.6 is 0 Å². The van der Waals surface area contributed by atoms with Gasteiger partial charge in [0.25, 0.3) is 0 Å². The molecule has 19 heavy (non-hydrogen) atoms. The monoisotopic (exact) mass is 268 g/mol. The van der Waals surface area contributed by atoms with Crippen molar-refractivity contribution in [1.29, 1.82) is 0 Å². The normalized spacial score (nSPS) is 9.68. The summed E-state index contributed by atoms with van der Waals surface area (Å²) in [6.07, 6.45) is 3.19. The van der Waals surface area contributed by atoms with Gasteiger partial charge in [0, 0.05) is 0 Å². The van der Waals surface area contributed by atoms with Crippen LogP contribution in [0.5, 0.6) is 0 Å². The van der Waals surface area contributed by atoms with Crippen LogP contribution < -0.4 is 11.5 Å². The molecule has 0 radical (unpaired) electrons. The van der Waals surface area contributed by atoms with Gasteiger partial charge in [-0.2, -0.15) is 0 Å². The summed E-state index contributed by atoms with van der Waals surface area (Å²) >= 11 is 0. The van der Waals surface area contributed by atoms with E-state index in [-0.39, 0.29) is 17.3 Å². The van der Waals surface area contributed by atoms with Gasteiger partial charge in [-0.15, -0.1) is 0 Å². The van der Waals surface area contributed by atoms with E-state index in [4.69, 9.17) is 21.7 Å². The first kappa shape index (κ1) is 17.1. The van der Waals surface area contributed by atoms with Crippen molar-refractivity contribution < 1.29 is 19.8 Å². The number of carbonyl (C=O) groups is 2. The molecular formula is C13H20N2O4. The van der Waals surface area contributed by atoms with E-state index in [0.29, 0.717) is 0 Å². The van der Waals surface area contributed by atoms with E-state index < -0.39 is 11.9 Å². The lowest BCUT2D eigenvalue weighted by atomic mass is 10.1. The van der Waals surface area contributed by atoms with Crippen LogP contribution in [0.1, 0.15) is 46.9 Å². The molecule has 0 spiro atoms. The average molecular weight is 268 g/mol. The number of benzene rings is 1. The van der Waals surface area contributed by atoms with Crippen LogP contribution in [0.4, 0.5) is 0 Å². The van der Waals surface area contributed by atoms with Gasteiger partial charge in [0.05, 0.1) is 17.3 Å². The number of hydrogen-bond donors (Lipinski definition) is 4. The van der Waals surface area contributed by atoms with Crippen molar-refractivity contribution in [1.82, 2.24) is 0 Å². The molecule has 0 aliphatic rings. The molecule has 0 amide bonds. The largest absolute Gasteiger partial charge is 0.478 e. The quantitative estimate of drug-likeness (QED) is 0.599. The summed E-state index contributed by atoms with van der Waals surface area (Å²) in [6, 6.07) is 5.20. The first-order valence-corrected chi connectivity index (χ1v) is 5.96. The number of carboxylic acid groups (broad SMARTS) is 2. The SMILES string of the molecule is CCCCC(N)N.O=C(O)c1cccc(C(=O)O)c1. The molecule has 0 atom stereocenters. The molecular weight excluding hydrogens is 248 g/mol. The minimum Gasteiger partial charge on any atom is -0.478 e. The molecule has 1 aromatic carbocycles. The Balaban J connectivity index is 0.000000399. The van der Waals surface area contributed by atoms with E-state index in [2.05, 4.69) is 6.92 Å². The molecule has 6 N–H and O–H groups in total. The Bertz CT molecular complexity index is 390. The summed E-state index contributed by atoms with van der Waals surface area (Å²) in [5, 5.41) is 17.0. The Morgan fingerprint density at radius 1 is 1.16 bits per heavy atom. The third kappa shape index (κ3) is 7.91. The van der Waals surface area contributed by atoms with Crippen molar-refractivity contribution in [3.63, 3.8) is 0 Å². The van der Waals surface area contributed by atoms with Gasteiger partial charge in [-0.25, -0.2) is 9.59 Å². The Morgan fingerprint density at radius 3 is 1.89 bits per heavy atom. The lowest BCUT2D eigenvalue weighted by Gasteiger charge is -2.00. The fraction of sp³-hybridized carbons (Fsp3) is 0.385. The minimum atomic E-state index is -1.13. The van der Waals surface area contributed by atoms with E-state index in [9.17, 15) is 9.59 Å². The molecule has 1 aromatic rings. The molecule has 0 aliphatic heterocycles. The molecule has 0 unspecified atom stereocenters. The number of rotatable bonds is 5.